The summed E-state index contributed by atoms with van der Waals surface area (Å²) in [7, 11) is 0. The van der Waals surface area contributed by atoms with Crippen LogP contribution in [0.4, 0.5) is 10.1 Å². The molecule has 1 atom stereocenters. The summed E-state index contributed by atoms with van der Waals surface area (Å²) in [5.41, 5.74) is 10.8. The fraction of sp³-hybridized carbons (Fsp3) is 0.208. The maximum Gasteiger partial charge on any atom is 0.248 e. The van der Waals surface area contributed by atoms with Crippen LogP contribution in [0, 0.1) is 19.7 Å². The molecular weight excluding hydrogens is 387 g/mol. The van der Waals surface area contributed by atoms with Gasteiger partial charge in [-0.1, -0.05) is 54.1 Å². The van der Waals surface area contributed by atoms with Crippen molar-refractivity contribution >= 4 is 23.2 Å². The Kier molecular flexibility index (Phi) is 6.68. The van der Waals surface area contributed by atoms with Crippen LogP contribution in [0.15, 0.2) is 66.7 Å². The molecule has 1 amide bonds. The molecule has 3 rings (SSSR count). The average Bonchev–Trinajstić information content (AvgIpc) is 2.73. The Balaban J connectivity index is 1.89. The highest BCUT2D eigenvalue weighted by Gasteiger charge is 2.24. The first-order valence-corrected chi connectivity index (χ1v) is 9.87. The van der Waals surface area contributed by atoms with Crippen LogP contribution in [0.2, 0.25) is 5.02 Å². The number of carbonyl (C=O) groups excluding carboxylic acids is 1. The Hall–Kier alpha value is -2.69. The molecule has 3 aromatic carbocycles. The van der Waals surface area contributed by atoms with Gasteiger partial charge in [-0.15, -0.1) is 0 Å². The van der Waals surface area contributed by atoms with E-state index in [1.165, 1.54) is 12.1 Å². The zero-order valence-corrected chi connectivity index (χ0v) is 17.3. The molecule has 0 spiro atoms. The number of amides is 1. The van der Waals surface area contributed by atoms with Gasteiger partial charge in [0.15, 0.2) is 0 Å². The molecule has 0 aromatic heterocycles. The smallest absolute Gasteiger partial charge is 0.248 e. The van der Waals surface area contributed by atoms with E-state index in [1.807, 2.05) is 62.4 Å². The van der Waals surface area contributed by atoms with E-state index in [1.54, 1.807) is 11.0 Å². The first-order chi connectivity index (χ1) is 13.9. The van der Waals surface area contributed by atoms with Crippen LogP contribution < -0.4 is 10.6 Å². The monoisotopic (exact) mass is 410 g/mol. The molecule has 150 valence electrons. The lowest BCUT2D eigenvalue weighted by molar-refractivity contribution is -0.120. The van der Waals surface area contributed by atoms with E-state index in [0.717, 1.165) is 27.9 Å². The standard InChI is InChI=1S/C24H24ClFN2O/c1-16-8-10-20(14-17(16)2)28(13-12-18-9-11-21(25)22(26)15-18)24(29)23(27)19-6-4-3-5-7-19/h3-11,14-15,23H,12-13,27H2,1-2H3. The van der Waals surface area contributed by atoms with Gasteiger partial charge in [0.05, 0.1) is 5.02 Å². The van der Waals surface area contributed by atoms with Crippen LogP contribution in [-0.2, 0) is 11.2 Å². The number of benzene rings is 3. The molecule has 0 bridgehead atoms. The molecule has 3 nitrogen and oxygen atoms in total. The number of aryl methyl sites for hydroxylation is 2. The van der Waals surface area contributed by atoms with Gasteiger partial charge in [0.2, 0.25) is 5.91 Å². The molecule has 0 radical (unpaired) electrons. The molecular formula is C24H24ClFN2O. The van der Waals surface area contributed by atoms with Gasteiger partial charge in [0, 0.05) is 12.2 Å². The number of nitrogens with zero attached hydrogens (tertiary/aromatic N) is 1. The fourth-order valence-corrected chi connectivity index (χ4v) is 3.28. The lowest BCUT2D eigenvalue weighted by Gasteiger charge is -2.27. The minimum absolute atomic E-state index is 0.0851. The number of halogens is 2. The highest BCUT2D eigenvalue weighted by atomic mass is 35.5. The summed E-state index contributed by atoms with van der Waals surface area (Å²) in [6.45, 7) is 4.41. The third-order valence-corrected chi connectivity index (χ3v) is 5.41. The van der Waals surface area contributed by atoms with Crippen LogP contribution in [0.1, 0.15) is 28.3 Å². The molecule has 0 aliphatic carbocycles. The van der Waals surface area contributed by atoms with Gasteiger partial charge in [0.25, 0.3) is 0 Å². The summed E-state index contributed by atoms with van der Waals surface area (Å²) < 4.78 is 13.8. The molecule has 0 saturated heterocycles. The number of hydrogen-bond donors (Lipinski definition) is 1. The van der Waals surface area contributed by atoms with Gasteiger partial charge >= 0.3 is 0 Å². The van der Waals surface area contributed by atoms with Gasteiger partial charge in [-0.25, -0.2) is 4.39 Å². The Morgan fingerprint density at radius 2 is 1.76 bits per heavy atom. The Morgan fingerprint density at radius 1 is 1.03 bits per heavy atom. The average molecular weight is 411 g/mol. The van der Waals surface area contributed by atoms with Crippen molar-refractivity contribution in [1.82, 2.24) is 0 Å². The highest BCUT2D eigenvalue weighted by molar-refractivity contribution is 6.30. The lowest BCUT2D eigenvalue weighted by Crippen LogP contribution is -2.40. The maximum atomic E-state index is 13.8. The third kappa shape index (κ3) is 5.03. The second-order valence-electron chi connectivity index (χ2n) is 7.15. The Morgan fingerprint density at radius 3 is 2.41 bits per heavy atom. The highest BCUT2D eigenvalue weighted by Crippen LogP contribution is 2.24. The Bertz CT molecular complexity index is 1010. The Labute approximate surface area is 175 Å². The predicted octanol–water partition coefficient (Wildman–Crippen LogP) is 5.37. The van der Waals surface area contributed by atoms with E-state index >= 15 is 0 Å². The van der Waals surface area contributed by atoms with Crippen LogP contribution in [0.25, 0.3) is 0 Å². The van der Waals surface area contributed by atoms with Gasteiger partial charge in [-0.3, -0.25) is 4.79 Å². The molecule has 5 heteroatoms. The summed E-state index contributed by atoms with van der Waals surface area (Å²) in [6, 6.07) is 19.1. The topological polar surface area (TPSA) is 46.3 Å². The van der Waals surface area contributed by atoms with Crippen molar-refractivity contribution in [2.24, 2.45) is 5.73 Å². The van der Waals surface area contributed by atoms with Crippen LogP contribution in [0.3, 0.4) is 0 Å². The molecule has 0 fully saturated rings. The summed E-state index contributed by atoms with van der Waals surface area (Å²) in [6.07, 6.45) is 0.480. The summed E-state index contributed by atoms with van der Waals surface area (Å²) in [5.74, 6) is -0.664. The van der Waals surface area contributed by atoms with Crippen molar-refractivity contribution in [1.29, 1.82) is 0 Å². The number of anilines is 1. The number of nitrogens with two attached hydrogens (primary N) is 1. The first kappa shape index (κ1) is 21.0. The molecule has 0 saturated carbocycles. The van der Waals surface area contributed by atoms with Gasteiger partial charge in [-0.2, -0.15) is 0 Å². The van der Waals surface area contributed by atoms with E-state index in [2.05, 4.69) is 0 Å². The van der Waals surface area contributed by atoms with E-state index in [9.17, 15) is 9.18 Å². The van der Waals surface area contributed by atoms with E-state index in [-0.39, 0.29) is 10.9 Å². The van der Waals surface area contributed by atoms with Crippen molar-refractivity contribution in [2.45, 2.75) is 26.3 Å². The van der Waals surface area contributed by atoms with Crippen LogP contribution in [-0.4, -0.2) is 12.5 Å². The molecule has 3 aromatic rings. The van der Waals surface area contributed by atoms with E-state index in [4.69, 9.17) is 17.3 Å². The molecule has 0 aliphatic heterocycles. The zero-order chi connectivity index (χ0) is 21.0. The molecule has 2 N–H and O–H groups in total. The summed E-state index contributed by atoms with van der Waals surface area (Å²) in [4.78, 5) is 15.0. The summed E-state index contributed by atoms with van der Waals surface area (Å²) >= 11 is 5.78. The van der Waals surface area contributed by atoms with Crippen molar-refractivity contribution in [3.63, 3.8) is 0 Å². The number of rotatable bonds is 6. The van der Waals surface area contributed by atoms with Crippen molar-refractivity contribution in [2.75, 3.05) is 11.4 Å². The van der Waals surface area contributed by atoms with Crippen LogP contribution >= 0.6 is 11.6 Å². The number of hydrogen-bond acceptors (Lipinski definition) is 2. The summed E-state index contributed by atoms with van der Waals surface area (Å²) in [5, 5.41) is 0.0851. The maximum absolute atomic E-state index is 13.8. The molecule has 0 aliphatic rings. The largest absolute Gasteiger partial charge is 0.316 e. The van der Waals surface area contributed by atoms with Gasteiger partial charge < -0.3 is 10.6 Å². The molecule has 0 heterocycles. The third-order valence-electron chi connectivity index (χ3n) is 5.10. The van der Waals surface area contributed by atoms with Gasteiger partial charge in [0.1, 0.15) is 11.9 Å². The quantitative estimate of drug-likeness (QED) is 0.593. The normalized spacial score (nSPS) is 11.9. The first-order valence-electron chi connectivity index (χ1n) is 9.50. The van der Waals surface area contributed by atoms with Gasteiger partial charge in [-0.05, 0) is 66.8 Å². The number of carbonyl (C=O) groups is 1. The van der Waals surface area contributed by atoms with Crippen molar-refractivity contribution in [3.05, 3.63) is 99.8 Å². The SMILES string of the molecule is Cc1ccc(N(CCc2ccc(Cl)c(F)c2)C(=O)C(N)c2ccccc2)cc1C. The zero-order valence-electron chi connectivity index (χ0n) is 16.5. The van der Waals surface area contributed by atoms with E-state index in [0.29, 0.717) is 13.0 Å². The molecule has 1 unspecified atom stereocenters. The van der Waals surface area contributed by atoms with E-state index < -0.39 is 11.9 Å². The predicted molar refractivity (Wildman–Crippen MR) is 117 cm³/mol. The minimum atomic E-state index is -0.778. The minimum Gasteiger partial charge on any atom is -0.316 e. The van der Waals surface area contributed by atoms with Crippen molar-refractivity contribution in [3.8, 4) is 0 Å². The fourth-order valence-electron chi connectivity index (χ4n) is 3.17. The second kappa shape index (κ2) is 9.21. The second-order valence-corrected chi connectivity index (χ2v) is 7.55. The van der Waals surface area contributed by atoms with Crippen molar-refractivity contribution < 1.29 is 9.18 Å². The lowest BCUT2D eigenvalue weighted by atomic mass is 10.0. The van der Waals surface area contributed by atoms with Crippen LogP contribution in [0.5, 0.6) is 0 Å². The molecule has 29 heavy (non-hydrogen) atoms.